The van der Waals surface area contributed by atoms with Crippen LogP contribution in [0, 0.1) is 0 Å². The molecule has 0 aliphatic heterocycles. The van der Waals surface area contributed by atoms with Gasteiger partial charge in [0.2, 0.25) is 0 Å². The smallest absolute Gasteiger partial charge is 0.00348 e. The summed E-state index contributed by atoms with van der Waals surface area (Å²) in [6.07, 6.45) is 3.49. The molecule has 0 aliphatic rings. The predicted octanol–water partition coefficient (Wildman–Crippen LogP) is 2.41. The van der Waals surface area contributed by atoms with Crippen molar-refractivity contribution in [2.24, 2.45) is 0 Å². The molecule has 0 aromatic heterocycles. The molecule has 0 heterocycles. The van der Waals surface area contributed by atoms with Crippen molar-refractivity contribution in [3.63, 3.8) is 0 Å². The van der Waals surface area contributed by atoms with E-state index in [0.29, 0.717) is 0 Å². The Bertz CT molecular complexity index is 27.0. The largest absolute Gasteiger partial charge is 0.342 e. The number of halogens is 2. The summed E-state index contributed by atoms with van der Waals surface area (Å²) in [5, 5.41) is 0. The van der Waals surface area contributed by atoms with E-state index in [-0.39, 0.29) is 17.0 Å². The van der Waals surface area contributed by atoms with Crippen molar-refractivity contribution in [3.8, 4) is 0 Å². The SMILES string of the molecule is Br.CS(C)(O)Br. The zero-order valence-electron chi connectivity index (χ0n) is 3.64. The summed E-state index contributed by atoms with van der Waals surface area (Å²) in [5.74, 6) is 0. The molecule has 0 atom stereocenters. The van der Waals surface area contributed by atoms with Crippen LogP contribution in [0.15, 0.2) is 0 Å². The minimum Gasteiger partial charge on any atom is -0.342 e. The van der Waals surface area contributed by atoms with Crippen molar-refractivity contribution in [3.05, 3.63) is 0 Å². The van der Waals surface area contributed by atoms with Gasteiger partial charge in [0.1, 0.15) is 0 Å². The Balaban J connectivity index is 0. The van der Waals surface area contributed by atoms with E-state index in [9.17, 15) is 0 Å². The van der Waals surface area contributed by atoms with E-state index < -0.39 is 8.74 Å². The van der Waals surface area contributed by atoms with E-state index in [1.54, 1.807) is 12.5 Å². The molecule has 0 amide bonds. The molecule has 0 bridgehead atoms. The van der Waals surface area contributed by atoms with E-state index in [2.05, 4.69) is 14.8 Å². The minimum absolute atomic E-state index is 0. The highest BCUT2D eigenvalue weighted by Crippen LogP contribution is 2.42. The Kier molecular flexibility index (Phi) is 5.65. The van der Waals surface area contributed by atoms with Crippen LogP contribution in [0.5, 0.6) is 0 Å². The van der Waals surface area contributed by atoms with Crippen LogP contribution in [0.25, 0.3) is 0 Å². The van der Waals surface area contributed by atoms with Crippen LogP contribution >= 0.6 is 40.5 Å². The van der Waals surface area contributed by atoms with Gasteiger partial charge in [-0.05, 0) is 27.3 Å². The van der Waals surface area contributed by atoms with Gasteiger partial charge in [-0.3, -0.25) is 0 Å². The Hall–Kier alpha value is 1.27. The molecule has 4 heteroatoms. The molecule has 0 spiro atoms. The number of hydrogen-bond donors (Lipinski definition) is 1. The van der Waals surface area contributed by atoms with E-state index >= 15 is 0 Å². The monoisotopic (exact) mass is 238 g/mol. The lowest BCUT2D eigenvalue weighted by molar-refractivity contribution is 0.654. The lowest BCUT2D eigenvalue weighted by Gasteiger charge is -2.09. The molecule has 0 unspecified atom stereocenters. The maximum atomic E-state index is 8.52. The van der Waals surface area contributed by atoms with Crippen LogP contribution in [0.3, 0.4) is 0 Å². The van der Waals surface area contributed by atoms with Crippen LogP contribution in [-0.4, -0.2) is 17.1 Å². The van der Waals surface area contributed by atoms with Gasteiger partial charge in [0.25, 0.3) is 0 Å². The summed E-state index contributed by atoms with van der Waals surface area (Å²) in [4.78, 5) is 0. The molecule has 0 saturated heterocycles. The zero-order chi connectivity index (χ0) is 4.50. The molecule has 0 aromatic rings. The third-order valence-electron chi connectivity index (χ3n) is 0. The van der Waals surface area contributed by atoms with Gasteiger partial charge in [-0.25, -0.2) is 0 Å². The first-order chi connectivity index (χ1) is 2.00. The summed E-state index contributed by atoms with van der Waals surface area (Å²) in [6, 6.07) is 0. The Morgan fingerprint density at radius 1 is 1.50 bits per heavy atom. The third-order valence-corrected chi connectivity index (χ3v) is 0. The quantitative estimate of drug-likeness (QED) is 0.689. The summed E-state index contributed by atoms with van der Waals surface area (Å²) in [6.45, 7) is 0. The molecule has 0 fully saturated rings. The lowest BCUT2D eigenvalue weighted by atomic mass is 11.9. The van der Waals surface area contributed by atoms with E-state index in [1.807, 2.05) is 0 Å². The number of hydrogen-bond acceptors (Lipinski definition) is 1. The first kappa shape index (κ1) is 10.3. The summed E-state index contributed by atoms with van der Waals surface area (Å²) < 4.78 is 8.52. The van der Waals surface area contributed by atoms with Gasteiger partial charge in [0.05, 0.1) is 0 Å². The topological polar surface area (TPSA) is 20.2 Å². The molecule has 0 saturated carbocycles. The van der Waals surface area contributed by atoms with Crippen molar-refractivity contribution < 1.29 is 4.55 Å². The van der Waals surface area contributed by atoms with Crippen molar-refractivity contribution in [2.75, 3.05) is 12.5 Å². The molecule has 1 nitrogen and oxygen atoms in total. The second-order valence-electron chi connectivity index (χ2n) is 1.15. The summed E-state index contributed by atoms with van der Waals surface area (Å²) >= 11 is 3.01. The molecular formula is C2H8Br2OS. The molecule has 0 aromatic carbocycles. The van der Waals surface area contributed by atoms with Gasteiger partial charge in [0.15, 0.2) is 0 Å². The van der Waals surface area contributed by atoms with Crippen LogP contribution in [0.1, 0.15) is 0 Å². The van der Waals surface area contributed by atoms with Crippen molar-refractivity contribution >= 4 is 40.5 Å². The summed E-state index contributed by atoms with van der Waals surface area (Å²) in [5.41, 5.74) is 0. The lowest BCUT2D eigenvalue weighted by Crippen LogP contribution is -1.73. The highest BCUT2D eigenvalue weighted by molar-refractivity contribution is 9.57. The van der Waals surface area contributed by atoms with Crippen molar-refractivity contribution in [1.29, 1.82) is 0 Å². The average molecular weight is 240 g/mol. The van der Waals surface area contributed by atoms with Gasteiger partial charge in [-0.2, -0.15) is 0 Å². The van der Waals surface area contributed by atoms with Crippen LogP contribution < -0.4 is 0 Å². The van der Waals surface area contributed by atoms with Crippen LogP contribution in [0.4, 0.5) is 0 Å². The van der Waals surface area contributed by atoms with E-state index in [1.165, 1.54) is 0 Å². The van der Waals surface area contributed by atoms with E-state index in [4.69, 9.17) is 4.55 Å². The van der Waals surface area contributed by atoms with Gasteiger partial charge in [0, 0.05) is 0 Å². The zero-order valence-corrected chi connectivity index (χ0v) is 7.76. The normalized spacial score (nSPS) is 12.7. The first-order valence-corrected chi connectivity index (χ1v) is 5.40. The first-order valence-electron chi connectivity index (χ1n) is 1.15. The molecule has 1 N–H and O–H groups in total. The molecular weight excluding hydrogens is 232 g/mol. The standard InChI is InChI=1S/C2H7BrOS.BrH/c1-5(2,3)4;/h4H,1-2H3;1H. The number of rotatable bonds is 0. The Labute approximate surface area is 57.6 Å². The fraction of sp³-hybridized carbons (Fsp3) is 1.00. The van der Waals surface area contributed by atoms with Crippen LogP contribution in [0.2, 0.25) is 0 Å². The van der Waals surface area contributed by atoms with Crippen LogP contribution in [-0.2, 0) is 0 Å². The van der Waals surface area contributed by atoms with Gasteiger partial charge >= 0.3 is 0 Å². The maximum absolute atomic E-state index is 8.52. The highest BCUT2D eigenvalue weighted by Gasteiger charge is 1.92. The second kappa shape index (κ2) is 3.29. The molecule has 0 radical (unpaired) electrons. The Morgan fingerprint density at radius 2 is 1.50 bits per heavy atom. The average Bonchev–Trinajstić information content (AvgIpc) is 0.722. The van der Waals surface area contributed by atoms with Gasteiger partial charge in [-0.15, -0.1) is 17.0 Å². The fourth-order valence-corrected chi connectivity index (χ4v) is 0. The van der Waals surface area contributed by atoms with Gasteiger partial charge < -0.3 is 4.55 Å². The molecule has 0 aliphatic carbocycles. The maximum Gasteiger partial charge on any atom is -0.00348 e. The van der Waals surface area contributed by atoms with Crippen molar-refractivity contribution in [1.82, 2.24) is 0 Å². The molecule has 6 heavy (non-hydrogen) atoms. The summed E-state index contributed by atoms with van der Waals surface area (Å²) in [7, 11) is -1.35. The minimum atomic E-state index is -1.35. The van der Waals surface area contributed by atoms with Crippen molar-refractivity contribution in [2.45, 2.75) is 0 Å². The van der Waals surface area contributed by atoms with E-state index in [0.717, 1.165) is 0 Å². The molecule has 42 valence electrons. The fourth-order valence-electron chi connectivity index (χ4n) is 0. The second-order valence-corrected chi connectivity index (χ2v) is 8.21. The highest BCUT2D eigenvalue weighted by atomic mass is 79.9. The predicted molar refractivity (Wildman–Crippen MR) is 41.3 cm³/mol. The third kappa shape index (κ3) is 59.6. The van der Waals surface area contributed by atoms with Gasteiger partial charge in [-0.1, -0.05) is 8.74 Å². The Morgan fingerprint density at radius 3 is 1.50 bits per heavy atom. The molecule has 0 rings (SSSR count).